The number of anilines is 1. The second kappa shape index (κ2) is 7.43. The molecule has 0 aromatic heterocycles. The van der Waals surface area contributed by atoms with Crippen molar-refractivity contribution in [3.05, 3.63) is 34.7 Å². The van der Waals surface area contributed by atoms with E-state index in [4.69, 9.17) is 0 Å². The van der Waals surface area contributed by atoms with Gasteiger partial charge in [0.2, 0.25) is 0 Å². The van der Waals surface area contributed by atoms with E-state index in [9.17, 15) is 9.59 Å². The summed E-state index contributed by atoms with van der Waals surface area (Å²) in [6, 6.07) is 8.22. The molecule has 2 heterocycles. The van der Waals surface area contributed by atoms with E-state index in [-0.39, 0.29) is 17.2 Å². The van der Waals surface area contributed by atoms with E-state index in [1.165, 1.54) is 29.8 Å². The Morgan fingerprint density at radius 2 is 1.79 bits per heavy atom. The zero-order valence-corrected chi connectivity index (χ0v) is 15.1. The number of nitrogens with zero attached hydrogens (tertiary/aromatic N) is 2. The number of hydrogen-bond donors (Lipinski definition) is 0. The van der Waals surface area contributed by atoms with Gasteiger partial charge >= 0.3 is 0 Å². The lowest BCUT2D eigenvalue weighted by Crippen LogP contribution is -2.36. The molecule has 1 aromatic carbocycles. The molecule has 0 saturated carbocycles. The largest absolute Gasteiger partial charge is 0.372 e. The SMILES string of the molecule is CC[C@@H](C)N1C(=O)S/C(=C\c2ccc(N3CCCCC3)cc2)C1=O. The Labute approximate surface area is 147 Å². The van der Waals surface area contributed by atoms with Crippen LogP contribution in [0.1, 0.15) is 45.1 Å². The molecule has 2 amide bonds. The number of piperidine rings is 1. The quantitative estimate of drug-likeness (QED) is 0.754. The van der Waals surface area contributed by atoms with Crippen molar-refractivity contribution in [1.82, 2.24) is 4.90 Å². The Morgan fingerprint density at radius 3 is 2.42 bits per heavy atom. The molecular formula is C19H24N2O2S. The third-order valence-corrected chi connectivity index (χ3v) is 5.65. The van der Waals surface area contributed by atoms with Crippen LogP contribution in [0, 0.1) is 0 Å². The third kappa shape index (κ3) is 3.51. The number of imide groups is 1. The van der Waals surface area contributed by atoms with Crippen LogP contribution in [0.4, 0.5) is 10.5 Å². The van der Waals surface area contributed by atoms with Gasteiger partial charge in [0.15, 0.2) is 0 Å². The molecule has 3 rings (SSSR count). The van der Waals surface area contributed by atoms with Crippen molar-refractivity contribution in [1.29, 1.82) is 0 Å². The number of rotatable bonds is 4. The summed E-state index contributed by atoms with van der Waals surface area (Å²) in [4.78, 5) is 28.8. The van der Waals surface area contributed by atoms with Gasteiger partial charge in [0.1, 0.15) is 0 Å². The molecule has 5 heteroatoms. The summed E-state index contributed by atoms with van der Waals surface area (Å²) >= 11 is 1.04. The van der Waals surface area contributed by atoms with Crippen LogP contribution in [0.3, 0.4) is 0 Å². The molecular weight excluding hydrogens is 320 g/mol. The normalized spacial score (nSPS) is 21.7. The lowest BCUT2D eigenvalue weighted by molar-refractivity contribution is -0.124. The summed E-state index contributed by atoms with van der Waals surface area (Å²) in [5.41, 5.74) is 2.20. The number of hydrogen-bond acceptors (Lipinski definition) is 4. The second-order valence-electron chi connectivity index (χ2n) is 6.45. The Morgan fingerprint density at radius 1 is 1.12 bits per heavy atom. The van der Waals surface area contributed by atoms with Crippen molar-refractivity contribution in [2.45, 2.75) is 45.6 Å². The van der Waals surface area contributed by atoms with Crippen LogP contribution in [0.25, 0.3) is 6.08 Å². The van der Waals surface area contributed by atoms with Crippen molar-refractivity contribution >= 4 is 34.7 Å². The molecule has 2 aliphatic rings. The highest BCUT2D eigenvalue weighted by Crippen LogP contribution is 2.34. The zero-order valence-electron chi connectivity index (χ0n) is 14.3. The van der Waals surface area contributed by atoms with Crippen molar-refractivity contribution in [2.75, 3.05) is 18.0 Å². The van der Waals surface area contributed by atoms with Crippen LogP contribution in [-0.4, -0.2) is 35.2 Å². The topological polar surface area (TPSA) is 40.6 Å². The number of thioether (sulfide) groups is 1. The van der Waals surface area contributed by atoms with Gasteiger partial charge in [-0.05, 0) is 68.1 Å². The summed E-state index contributed by atoms with van der Waals surface area (Å²) in [6.45, 7) is 6.13. The summed E-state index contributed by atoms with van der Waals surface area (Å²) in [5, 5.41) is -0.162. The molecule has 1 aromatic rings. The minimum atomic E-state index is -0.167. The number of benzene rings is 1. The average molecular weight is 344 g/mol. The van der Waals surface area contributed by atoms with E-state index in [2.05, 4.69) is 17.0 Å². The van der Waals surface area contributed by atoms with E-state index >= 15 is 0 Å². The van der Waals surface area contributed by atoms with Gasteiger partial charge in [-0.3, -0.25) is 14.5 Å². The zero-order chi connectivity index (χ0) is 17.1. The highest BCUT2D eigenvalue weighted by Gasteiger charge is 2.37. The highest BCUT2D eigenvalue weighted by molar-refractivity contribution is 8.18. The van der Waals surface area contributed by atoms with Gasteiger partial charge in [-0.15, -0.1) is 0 Å². The minimum Gasteiger partial charge on any atom is -0.372 e. The molecule has 2 aliphatic heterocycles. The summed E-state index contributed by atoms with van der Waals surface area (Å²) < 4.78 is 0. The molecule has 0 aliphatic carbocycles. The molecule has 0 unspecified atom stereocenters. The van der Waals surface area contributed by atoms with Crippen LogP contribution in [-0.2, 0) is 4.79 Å². The summed E-state index contributed by atoms with van der Waals surface area (Å²) in [5.74, 6) is -0.167. The molecule has 0 N–H and O–H groups in total. The molecule has 24 heavy (non-hydrogen) atoms. The van der Waals surface area contributed by atoms with Gasteiger partial charge in [0, 0.05) is 24.8 Å². The first-order valence-electron chi connectivity index (χ1n) is 8.72. The van der Waals surface area contributed by atoms with Crippen LogP contribution in [0.5, 0.6) is 0 Å². The fraction of sp³-hybridized carbons (Fsp3) is 0.474. The van der Waals surface area contributed by atoms with E-state index in [0.717, 1.165) is 36.8 Å². The number of carbonyl (C=O) groups excluding carboxylic acids is 2. The lowest BCUT2D eigenvalue weighted by Gasteiger charge is -2.28. The maximum absolute atomic E-state index is 12.4. The van der Waals surface area contributed by atoms with Gasteiger partial charge in [0.05, 0.1) is 4.91 Å². The van der Waals surface area contributed by atoms with Crippen molar-refractivity contribution in [3.8, 4) is 0 Å². The van der Waals surface area contributed by atoms with Crippen molar-refractivity contribution in [2.24, 2.45) is 0 Å². The fourth-order valence-electron chi connectivity index (χ4n) is 3.13. The van der Waals surface area contributed by atoms with Crippen LogP contribution < -0.4 is 4.90 Å². The van der Waals surface area contributed by atoms with E-state index in [0.29, 0.717) is 4.91 Å². The van der Waals surface area contributed by atoms with Crippen LogP contribution >= 0.6 is 11.8 Å². The van der Waals surface area contributed by atoms with Gasteiger partial charge in [-0.2, -0.15) is 0 Å². The van der Waals surface area contributed by atoms with Crippen molar-refractivity contribution < 1.29 is 9.59 Å². The summed E-state index contributed by atoms with van der Waals surface area (Å²) in [6.07, 6.45) is 6.43. The molecule has 0 spiro atoms. The predicted molar refractivity (Wildman–Crippen MR) is 100 cm³/mol. The first-order chi connectivity index (χ1) is 11.6. The molecule has 2 saturated heterocycles. The number of amides is 2. The van der Waals surface area contributed by atoms with E-state index in [1.807, 2.05) is 32.1 Å². The first-order valence-corrected chi connectivity index (χ1v) is 9.54. The fourth-order valence-corrected chi connectivity index (χ4v) is 4.06. The maximum Gasteiger partial charge on any atom is 0.293 e. The summed E-state index contributed by atoms with van der Waals surface area (Å²) in [7, 11) is 0. The predicted octanol–water partition coefficient (Wildman–Crippen LogP) is 4.51. The van der Waals surface area contributed by atoms with E-state index in [1.54, 1.807) is 0 Å². The second-order valence-corrected chi connectivity index (χ2v) is 7.44. The molecule has 4 nitrogen and oxygen atoms in total. The van der Waals surface area contributed by atoms with Crippen LogP contribution in [0.2, 0.25) is 0 Å². The average Bonchev–Trinajstić information content (AvgIpc) is 2.89. The molecule has 0 radical (unpaired) electrons. The number of carbonyl (C=O) groups is 2. The van der Waals surface area contributed by atoms with Gasteiger partial charge < -0.3 is 4.90 Å². The van der Waals surface area contributed by atoms with Crippen LogP contribution in [0.15, 0.2) is 29.2 Å². The molecule has 2 fully saturated rings. The highest BCUT2D eigenvalue weighted by atomic mass is 32.2. The Balaban J connectivity index is 1.74. The maximum atomic E-state index is 12.4. The lowest BCUT2D eigenvalue weighted by atomic mass is 10.1. The molecule has 128 valence electrons. The van der Waals surface area contributed by atoms with E-state index < -0.39 is 0 Å². The standard InChI is InChI=1S/C19H24N2O2S/c1-3-14(2)21-18(22)17(24-19(21)23)13-15-7-9-16(10-8-15)20-11-5-4-6-12-20/h7-10,13-14H,3-6,11-12H2,1-2H3/b17-13-/t14-/m1/s1. The Kier molecular flexibility index (Phi) is 5.29. The van der Waals surface area contributed by atoms with Crippen molar-refractivity contribution in [3.63, 3.8) is 0 Å². The Hall–Kier alpha value is -1.75. The Bertz CT molecular complexity index is 648. The molecule has 0 bridgehead atoms. The third-order valence-electron chi connectivity index (χ3n) is 4.77. The monoisotopic (exact) mass is 344 g/mol. The van der Waals surface area contributed by atoms with Gasteiger partial charge in [-0.25, -0.2) is 0 Å². The van der Waals surface area contributed by atoms with Gasteiger partial charge in [-0.1, -0.05) is 19.1 Å². The van der Waals surface area contributed by atoms with Gasteiger partial charge in [0.25, 0.3) is 11.1 Å². The first kappa shape index (κ1) is 17.1. The molecule has 1 atom stereocenters. The minimum absolute atomic E-state index is 0.0510. The smallest absolute Gasteiger partial charge is 0.293 e.